The maximum atomic E-state index is 9.18. The molecule has 7 aromatic carbocycles. The summed E-state index contributed by atoms with van der Waals surface area (Å²) in [4.78, 5) is 13.7. The quantitative estimate of drug-likeness (QED) is 0.205. The SMILES string of the molecule is [2H]c1cc2c(cc1-c1ccc3ccccc3c1)oc1cccc(-c3nc(-c4c([2H])c([2H])c([2H])c([2H])c4[2H])nc(-c4c([2H])c([2H])c5c([2H])c([2H])c([2H])c([2H])c5c4[2H])n3)c12. The van der Waals surface area contributed by atoms with Crippen LogP contribution in [0.1, 0.15) is 17.8 Å². The van der Waals surface area contributed by atoms with Gasteiger partial charge in [0.05, 0.1) is 17.8 Å². The van der Waals surface area contributed by atoms with Crippen molar-refractivity contribution in [2.75, 3.05) is 0 Å². The second-order valence-corrected chi connectivity index (χ2v) is 10.3. The summed E-state index contributed by atoms with van der Waals surface area (Å²) in [6, 6.07) is 14.9. The number of hydrogen-bond donors (Lipinski definition) is 0. The van der Waals surface area contributed by atoms with Crippen LogP contribution >= 0.6 is 0 Å². The number of benzene rings is 7. The minimum absolute atomic E-state index is 0.134. The van der Waals surface area contributed by atoms with Crippen LogP contribution in [0.2, 0.25) is 0 Å². The second kappa shape index (κ2) is 10.2. The molecule has 0 N–H and O–H groups in total. The molecule has 0 radical (unpaired) electrons. The second-order valence-electron chi connectivity index (χ2n) is 10.3. The number of fused-ring (bicyclic) bond motifs is 5. The molecule has 0 saturated carbocycles. The Hall–Kier alpha value is -6.13. The van der Waals surface area contributed by atoms with E-state index in [9.17, 15) is 1.37 Å². The zero-order valence-corrected chi connectivity index (χ0v) is 23.2. The Morgan fingerprint density at radius 3 is 2.13 bits per heavy atom. The van der Waals surface area contributed by atoms with Gasteiger partial charge in [0.1, 0.15) is 11.2 Å². The van der Waals surface area contributed by atoms with Crippen molar-refractivity contribution in [2.24, 2.45) is 0 Å². The summed E-state index contributed by atoms with van der Waals surface area (Å²) < 4.78 is 118. The number of nitrogens with zero attached hydrogens (tertiary/aromatic N) is 3. The normalized spacial score (nSPS) is 15.6. The highest BCUT2D eigenvalue weighted by Crippen LogP contribution is 2.38. The third-order valence-corrected chi connectivity index (χ3v) is 7.56. The Bertz CT molecular complexity index is 3270. The van der Waals surface area contributed by atoms with E-state index in [-0.39, 0.29) is 22.6 Å². The van der Waals surface area contributed by atoms with Gasteiger partial charge < -0.3 is 4.42 Å². The zero-order chi connectivity index (χ0) is 41.1. The van der Waals surface area contributed by atoms with E-state index in [4.69, 9.17) is 20.9 Å². The molecule has 4 nitrogen and oxygen atoms in total. The molecule has 9 aromatic rings. The Morgan fingerprint density at radius 1 is 0.467 bits per heavy atom. The highest BCUT2D eigenvalue weighted by molar-refractivity contribution is 6.12. The van der Waals surface area contributed by atoms with Gasteiger partial charge in [0.15, 0.2) is 17.5 Å². The highest BCUT2D eigenvalue weighted by atomic mass is 16.3. The van der Waals surface area contributed by atoms with Crippen molar-refractivity contribution in [3.63, 3.8) is 0 Å². The standard InChI is InChI=1S/C41H25N3O/c1-2-11-28(12-3-1)39-42-40(33-20-18-27-10-5-7-14-30(27)24-33)44-41(43-39)35-15-8-16-36-38(35)34-22-21-32(25-37(34)45-36)31-19-17-26-9-4-6-13-29(26)23-31/h1-25H/i1D,2D,3D,5D,7D,10D,11D,12D,14D,18D,20D,21D,24D. The molecule has 0 unspecified atom stereocenters. The number of furan rings is 1. The first-order valence-electron chi connectivity index (χ1n) is 20.5. The smallest absolute Gasteiger partial charge is 0.164 e. The number of aromatic nitrogens is 3. The van der Waals surface area contributed by atoms with Gasteiger partial charge >= 0.3 is 0 Å². The summed E-state index contributed by atoms with van der Waals surface area (Å²) in [7, 11) is 0. The van der Waals surface area contributed by atoms with Crippen molar-refractivity contribution in [1.82, 2.24) is 15.0 Å². The zero-order valence-electron chi connectivity index (χ0n) is 36.2. The van der Waals surface area contributed by atoms with Crippen LogP contribution in [0.4, 0.5) is 0 Å². The molecule has 0 aliphatic rings. The van der Waals surface area contributed by atoms with Gasteiger partial charge in [-0.3, -0.25) is 0 Å². The third-order valence-electron chi connectivity index (χ3n) is 7.56. The highest BCUT2D eigenvalue weighted by Gasteiger charge is 2.18. The Morgan fingerprint density at radius 2 is 1.24 bits per heavy atom. The molecule has 45 heavy (non-hydrogen) atoms. The van der Waals surface area contributed by atoms with Crippen molar-refractivity contribution in [1.29, 1.82) is 0 Å². The first kappa shape index (κ1) is 15.6. The molecule has 2 aromatic heterocycles. The molecule has 0 atom stereocenters. The van der Waals surface area contributed by atoms with E-state index in [1.807, 2.05) is 42.5 Å². The van der Waals surface area contributed by atoms with Crippen molar-refractivity contribution in [2.45, 2.75) is 0 Å². The molecule has 0 spiro atoms. The van der Waals surface area contributed by atoms with Gasteiger partial charge in [0, 0.05) is 27.5 Å². The Labute approximate surface area is 277 Å². The van der Waals surface area contributed by atoms with Crippen LogP contribution in [0.25, 0.3) is 88.8 Å². The van der Waals surface area contributed by atoms with E-state index in [0.29, 0.717) is 33.1 Å². The molecule has 0 aliphatic carbocycles. The van der Waals surface area contributed by atoms with E-state index in [1.54, 1.807) is 30.3 Å². The molecule has 9 rings (SSSR count). The predicted molar refractivity (Wildman–Crippen MR) is 184 cm³/mol. The maximum absolute atomic E-state index is 9.18. The average molecular weight is 589 g/mol. The van der Waals surface area contributed by atoms with E-state index < -0.39 is 95.3 Å². The van der Waals surface area contributed by atoms with Crippen molar-refractivity contribution in [3.05, 3.63) is 151 Å². The van der Waals surface area contributed by atoms with E-state index in [1.165, 1.54) is 0 Å². The Kier molecular flexibility index (Phi) is 3.54. The van der Waals surface area contributed by atoms with Crippen molar-refractivity contribution in [3.8, 4) is 45.3 Å². The van der Waals surface area contributed by atoms with E-state index in [0.717, 1.165) is 16.3 Å². The molecule has 4 heteroatoms. The van der Waals surface area contributed by atoms with Gasteiger partial charge in [-0.2, -0.15) is 0 Å². The minimum atomic E-state index is -0.662. The van der Waals surface area contributed by atoms with Crippen LogP contribution in [0.3, 0.4) is 0 Å². The largest absolute Gasteiger partial charge is 0.456 e. The van der Waals surface area contributed by atoms with E-state index in [2.05, 4.69) is 15.0 Å². The molecule has 0 bridgehead atoms. The van der Waals surface area contributed by atoms with Crippen LogP contribution in [-0.4, -0.2) is 15.0 Å². The monoisotopic (exact) mass is 588 g/mol. The summed E-state index contributed by atoms with van der Waals surface area (Å²) >= 11 is 0. The lowest BCUT2D eigenvalue weighted by molar-refractivity contribution is 0.669. The first-order chi connectivity index (χ1) is 27.7. The van der Waals surface area contributed by atoms with Gasteiger partial charge in [0.25, 0.3) is 0 Å². The summed E-state index contributed by atoms with van der Waals surface area (Å²) in [5.41, 5.74) is 1.74. The maximum Gasteiger partial charge on any atom is 0.164 e. The first-order valence-corrected chi connectivity index (χ1v) is 14.0. The predicted octanol–water partition coefficient (Wildman–Crippen LogP) is 10.7. The summed E-state index contributed by atoms with van der Waals surface area (Å²) in [5, 5.41) is 2.35. The molecule has 0 aliphatic heterocycles. The fraction of sp³-hybridized carbons (Fsp3) is 0. The van der Waals surface area contributed by atoms with Crippen molar-refractivity contribution < 1.29 is 22.2 Å². The minimum Gasteiger partial charge on any atom is -0.456 e. The summed E-state index contributed by atoms with van der Waals surface area (Å²) in [6.45, 7) is 0. The summed E-state index contributed by atoms with van der Waals surface area (Å²) in [5.74, 6) is -0.971. The third kappa shape index (κ3) is 4.43. The lowest BCUT2D eigenvalue weighted by Crippen LogP contribution is -2.00. The van der Waals surface area contributed by atoms with Crippen molar-refractivity contribution >= 4 is 43.5 Å². The fourth-order valence-corrected chi connectivity index (χ4v) is 5.45. The fourth-order valence-electron chi connectivity index (χ4n) is 5.45. The van der Waals surface area contributed by atoms with Gasteiger partial charge in [-0.1, -0.05) is 121 Å². The van der Waals surface area contributed by atoms with E-state index >= 15 is 0 Å². The van der Waals surface area contributed by atoms with Gasteiger partial charge in [-0.25, -0.2) is 15.0 Å². The van der Waals surface area contributed by atoms with Gasteiger partial charge in [-0.05, 0) is 63.0 Å². The molecule has 0 saturated heterocycles. The lowest BCUT2D eigenvalue weighted by Gasteiger charge is -2.10. The molecular weight excluding hydrogens is 550 g/mol. The topological polar surface area (TPSA) is 51.8 Å². The number of rotatable bonds is 4. The molecule has 0 fully saturated rings. The van der Waals surface area contributed by atoms with Crippen LogP contribution in [0.15, 0.2) is 156 Å². The number of hydrogen-bond acceptors (Lipinski definition) is 4. The Balaban J connectivity index is 1.34. The van der Waals surface area contributed by atoms with Crippen LogP contribution in [0, 0.1) is 0 Å². The average Bonchev–Trinajstić information content (AvgIpc) is 3.59. The van der Waals surface area contributed by atoms with Gasteiger partial charge in [0.2, 0.25) is 0 Å². The molecule has 2 heterocycles. The molecule has 210 valence electrons. The van der Waals surface area contributed by atoms with Crippen LogP contribution < -0.4 is 0 Å². The van der Waals surface area contributed by atoms with Crippen LogP contribution in [0.5, 0.6) is 0 Å². The molecular formula is C41H25N3O. The lowest BCUT2D eigenvalue weighted by atomic mass is 9.99. The van der Waals surface area contributed by atoms with Crippen LogP contribution in [-0.2, 0) is 0 Å². The summed E-state index contributed by atoms with van der Waals surface area (Å²) in [6.07, 6.45) is 0. The molecule has 0 amide bonds. The van der Waals surface area contributed by atoms with Gasteiger partial charge in [-0.15, -0.1) is 0 Å².